The molecule has 3 rings (SSSR count). The van der Waals surface area contributed by atoms with Gasteiger partial charge in [0.1, 0.15) is 11.9 Å². The van der Waals surface area contributed by atoms with Gasteiger partial charge in [0.05, 0.1) is 0 Å². The van der Waals surface area contributed by atoms with Crippen LogP contribution >= 0.6 is 11.8 Å². The fourth-order valence-corrected chi connectivity index (χ4v) is 4.38. The van der Waals surface area contributed by atoms with Crippen LogP contribution in [0, 0.1) is 11.8 Å². The SMILES string of the molecule is CSc1nnc(CCCNC(=O)C(Cc2c[nH]c3ccccc23)NC(=O)C(C)C)n1CC(C)C. The van der Waals surface area contributed by atoms with Crippen LogP contribution in [-0.4, -0.2) is 50.4 Å². The first kappa shape index (κ1) is 25.8. The summed E-state index contributed by atoms with van der Waals surface area (Å²) in [5.41, 5.74) is 2.02. The number of thioether (sulfide) groups is 1. The zero-order chi connectivity index (χ0) is 24.7. The number of rotatable bonds is 12. The molecule has 0 aliphatic carbocycles. The molecule has 0 aliphatic heterocycles. The molecule has 0 saturated heterocycles. The number of aryl methyl sites for hydroxylation is 1. The molecule has 2 aromatic heterocycles. The summed E-state index contributed by atoms with van der Waals surface area (Å²) < 4.78 is 2.17. The van der Waals surface area contributed by atoms with Crippen LogP contribution in [0.2, 0.25) is 0 Å². The molecule has 0 aliphatic rings. The first-order valence-electron chi connectivity index (χ1n) is 11.9. The largest absolute Gasteiger partial charge is 0.361 e. The van der Waals surface area contributed by atoms with Crippen molar-refractivity contribution in [2.45, 2.75) is 64.7 Å². The lowest BCUT2D eigenvalue weighted by Gasteiger charge is -2.19. The maximum Gasteiger partial charge on any atom is 0.242 e. The van der Waals surface area contributed by atoms with Gasteiger partial charge in [-0.3, -0.25) is 9.59 Å². The van der Waals surface area contributed by atoms with Crippen molar-refractivity contribution in [2.24, 2.45) is 11.8 Å². The van der Waals surface area contributed by atoms with Crippen molar-refractivity contribution in [1.29, 1.82) is 0 Å². The molecule has 1 unspecified atom stereocenters. The predicted octanol–water partition coefficient (Wildman–Crippen LogP) is 3.57. The Morgan fingerprint density at radius 1 is 1.12 bits per heavy atom. The first-order chi connectivity index (χ1) is 16.3. The Morgan fingerprint density at radius 3 is 2.59 bits per heavy atom. The summed E-state index contributed by atoms with van der Waals surface area (Å²) in [7, 11) is 0. The normalized spacial score (nSPS) is 12.4. The molecule has 1 aromatic carbocycles. The quantitative estimate of drug-likeness (QED) is 0.269. The minimum atomic E-state index is -0.637. The van der Waals surface area contributed by atoms with Crippen molar-refractivity contribution in [3.8, 4) is 0 Å². The number of nitrogens with zero attached hydrogens (tertiary/aromatic N) is 3. The Balaban J connectivity index is 1.62. The maximum atomic E-state index is 13.1. The van der Waals surface area contributed by atoms with Crippen LogP contribution in [0.25, 0.3) is 10.9 Å². The highest BCUT2D eigenvalue weighted by Crippen LogP contribution is 2.20. The van der Waals surface area contributed by atoms with Gasteiger partial charge in [-0.15, -0.1) is 10.2 Å². The van der Waals surface area contributed by atoms with Crippen molar-refractivity contribution >= 4 is 34.5 Å². The third-order valence-electron chi connectivity index (χ3n) is 5.66. The Kier molecular flexibility index (Phi) is 9.15. The minimum Gasteiger partial charge on any atom is -0.361 e. The van der Waals surface area contributed by atoms with Gasteiger partial charge in [0.15, 0.2) is 5.16 Å². The van der Waals surface area contributed by atoms with Gasteiger partial charge in [-0.05, 0) is 30.2 Å². The third kappa shape index (κ3) is 6.62. The van der Waals surface area contributed by atoms with Crippen LogP contribution < -0.4 is 10.6 Å². The molecule has 0 saturated carbocycles. The number of para-hydroxylation sites is 1. The zero-order valence-electron chi connectivity index (χ0n) is 20.7. The number of H-pyrrole nitrogens is 1. The lowest BCUT2D eigenvalue weighted by molar-refractivity contribution is -0.130. The van der Waals surface area contributed by atoms with Crippen LogP contribution in [0.5, 0.6) is 0 Å². The second kappa shape index (κ2) is 12.1. The highest BCUT2D eigenvalue weighted by atomic mass is 32.2. The summed E-state index contributed by atoms with van der Waals surface area (Å²) in [4.78, 5) is 28.7. The summed E-state index contributed by atoms with van der Waals surface area (Å²) in [5, 5.41) is 16.6. The fourth-order valence-electron chi connectivity index (χ4n) is 3.85. The number of hydrogen-bond donors (Lipinski definition) is 3. The van der Waals surface area contributed by atoms with E-state index in [1.54, 1.807) is 11.8 Å². The van der Waals surface area contributed by atoms with Gasteiger partial charge in [0, 0.05) is 48.9 Å². The van der Waals surface area contributed by atoms with Crippen molar-refractivity contribution in [3.05, 3.63) is 41.9 Å². The number of hydrogen-bond acceptors (Lipinski definition) is 5. The second-order valence-electron chi connectivity index (χ2n) is 9.28. The standard InChI is InChI=1S/C25H36N6O2S/c1-16(2)15-31-22(29-30-25(31)34-5)11-8-12-26-24(33)21(28-23(32)17(3)4)13-18-14-27-20-10-7-6-9-19(18)20/h6-7,9-10,14,16-17,21,27H,8,11-13,15H2,1-5H3,(H,26,33)(H,28,32). The number of benzene rings is 1. The maximum absolute atomic E-state index is 13.1. The lowest BCUT2D eigenvalue weighted by atomic mass is 10.0. The van der Waals surface area contributed by atoms with E-state index in [9.17, 15) is 9.59 Å². The van der Waals surface area contributed by atoms with Crippen LogP contribution in [0.15, 0.2) is 35.6 Å². The van der Waals surface area contributed by atoms with Gasteiger partial charge >= 0.3 is 0 Å². The summed E-state index contributed by atoms with van der Waals surface area (Å²) in [6.45, 7) is 9.38. The molecule has 0 fully saturated rings. The van der Waals surface area contributed by atoms with Gasteiger partial charge in [0.2, 0.25) is 11.8 Å². The molecular formula is C25H36N6O2S. The topological polar surface area (TPSA) is 105 Å². The number of aromatic amines is 1. The lowest BCUT2D eigenvalue weighted by Crippen LogP contribution is -2.49. The molecule has 3 N–H and O–H groups in total. The molecule has 8 nitrogen and oxygen atoms in total. The van der Waals surface area contributed by atoms with E-state index in [1.807, 2.05) is 50.6 Å². The van der Waals surface area contributed by atoms with E-state index < -0.39 is 6.04 Å². The molecule has 1 atom stereocenters. The average molecular weight is 485 g/mol. The molecule has 0 bridgehead atoms. The fraction of sp³-hybridized carbons (Fsp3) is 0.520. The number of fused-ring (bicyclic) bond motifs is 1. The minimum absolute atomic E-state index is 0.133. The third-order valence-corrected chi connectivity index (χ3v) is 6.32. The van der Waals surface area contributed by atoms with Crippen LogP contribution in [0.1, 0.15) is 45.5 Å². The molecule has 2 heterocycles. The van der Waals surface area contributed by atoms with Gasteiger partial charge in [-0.2, -0.15) is 0 Å². The van der Waals surface area contributed by atoms with Gasteiger partial charge in [-0.1, -0.05) is 57.7 Å². The molecule has 3 aromatic rings. The molecule has 0 radical (unpaired) electrons. The summed E-state index contributed by atoms with van der Waals surface area (Å²) in [6, 6.07) is 7.33. The van der Waals surface area contributed by atoms with Crippen LogP contribution in [0.4, 0.5) is 0 Å². The van der Waals surface area contributed by atoms with Crippen molar-refractivity contribution in [1.82, 2.24) is 30.4 Å². The Bertz CT molecular complexity index is 1100. The number of carbonyl (C=O) groups excluding carboxylic acids is 2. The number of amides is 2. The highest BCUT2D eigenvalue weighted by molar-refractivity contribution is 7.98. The first-order valence-corrected chi connectivity index (χ1v) is 13.1. The van der Waals surface area contributed by atoms with Crippen LogP contribution in [-0.2, 0) is 29.0 Å². The van der Waals surface area contributed by atoms with Crippen molar-refractivity contribution in [3.63, 3.8) is 0 Å². The number of aromatic nitrogens is 4. The summed E-state index contributed by atoms with van der Waals surface area (Å²) >= 11 is 1.59. The Labute approximate surface area is 205 Å². The molecule has 0 spiro atoms. The summed E-state index contributed by atoms with van der Waals surface area (Å²) in [6.07, 6.45) is 5.82. The van der Waals surface area contributed by atoms with E-state index >= 15 is 0 Å². The molecule has 184 valence electrons. The zero-order valence-corrected chi connectivity index (χ0v) is 21.5. The van der Waals surface area contributed by atoms with E-state index in [0.29, 0.717) is 18.9 Å². The van der Waals surface area contributed by atoms with E-state index in [2.05, 4.69) is 44.2 Å². The van der Waals surface area contributed by atoms with Gasteiger partial charge < -0.3 is 20.2 Å². The number of nitrogens with one attached hydrogen (secondary N) is 3. The van der Waals surface area contributed by atoms with E-state index in [-0.39, 0.29) is 17.7 Å². The Morgan fingerprint density at radius 2 is 1.88 bits per heavy atom. The van der Waals surface area contributed by atoms with Gasteiger partial charge in [-0.25, -0.2) is 0 Å². The predicted molar refractivity (Wildman–Crippen MR) is 137 cm³/mol. The smallest absolute Gasteiger partial charge is 0.242 e. The monoisotopic (exact) mass is 484 g/mol. The molecule has 9 heteroatoms. The van der Waals surface area contributed by atoms with Crippen LogP contribution in [0.3, 0.4) is 0 Å². The van der Waals surface area contributed by atoms with E-state index in [1.165, 1.54) is 0 Å². The summed E-state index contributed by atoms with van der Waals surface area (Å²) in [5.74, 6) is 0.932. The number of carbonyl (C=O) groups is 2. The second-order valence-corrected chi connectivity index (χ2v) is 10.1. The molecule has 2 amide bonds. The van der Waals surface area contributed by atoms with E-state index in [4.69, 9.17) is 0 Å². The van der Waals surface area contributed by atoms with E-state index in [0.717, 1.165) is 46.8 Å². The molecule has 34 heavy (non-hydrogen) atoms. The van der Waals surface area contributed by atoms with Gasteiger partial charge in [0.25, 0.3) is 0 Å². The highest BCUT2D eigenvalue weighted by Gasteiger charge is 2.23. The average Bonchev–Trinajstić information content (AvgIpc) is 3.39. The Hall–Kier alpha value is -2.81. The van der Waals surface area contributed by atoms with Crippen molar-refractivity contribution in [2.75, 3.05) is 12.8 Å². The molecular weight excluding hydrogens is 448 g/mol. The van der Waals surface area contributed by atoms with Crippen molar-refractivity contribution < 1.29 is 9.59 Å².